The van der Waals surface area contributed by atoms with E-state index in [0.717, 1.165) is 153 Å². The van der Waals surface area contributed by atoms with Crippen molar-refractivity contribution >= 4 is 29.5 Å². The van der Waals surface area contributed by atoms with Crippen LogP contribution in [0, 0.1) is 62.1 Å². The zero-order valence-corrected chi connectivity index (χ0v) is 69.6. The average molecular weight is 1660 g/mol. The lowest BCUT2D eigenvalue weighted by Gasteiger charge is -2.57. The molecule has 20 rings (SSSR count). The highest BCUT2D eigenvalue weighted by Crippen LogP contribution is 2.59. The number of nitrogens with zero attached hydrogens (tertiary/aromatic N) is 5. The number of benzene rings is 5. The number of ether oxygens (including phenoxy) is 1. The molecule has 9 saturated carbocycles. The number of rotatable bonds is 11. The first-order valence-electron chi connectivity index (χ1n) is 45.0. The first-order valence-corrected chi connectivity index (χ1v) is 45.0. The van der Waals surface area contributed by atoms with Crippen molar-refractivity contribution in [1.82, 2.24) is 51.9 Å². The lowest BCUT2D eigenvalue weighted by Crippen LogP contribution is -2.60. The van der Waals surface area contributed by atoms with E-state index in [1.165, 1.54) is 217 Å². The second-order valence-corrected chi connectivity index (χ2v) is 39.1. The summed E-state index contributed by atoms with van der Waals surface area (Å²) in [5.41, 5.74) is 19.6. The molecule has 0 radical (unpaired) electrons. The van der Waals surface area contributed by atoms with Gasteiger partial charge in [-0.1, -0.05) is 64.2 Å². The molecule has 0 bridgehead atoms. The molecule has 10 N–H and O–H groups in total. The third-order valence-electron chi connectivity index (χ3n) is 31.8. The van der Waals surface area contributed by atoms with Crippen LogP contribution in [0.5, 0.6) is 0 Å². The Balaban J connectivity index is 0.000000112. The zero-order valence-electron chi connectivity index (χ0n) is 69.6. The molecule has 1 saturated heterocycles. The molecule has 6 heterocycles. The van der Waals surface area contributed by atoms with Crippen LogP contribution in [0.15, 0.2) is 60.7 Å². The van der Waals surface area contributed by atoms with E-state index >= 15 is 0 Å². The van der Waals surface area contributed by atoms with Gasteiger partial charge in [-0.05, 0) is 283 Å². The molecule has 5 amide bonds. The fraction of sp³-hybridized carbons (Fsp3) is 0.628. The van der Waals surface area contributed by atoms with Gasteiger partial charge < -0.3 is 4.74 Å². The molecule has 26 heteroatoms. The van der Waals surface area contributed by atoms with E-state index in [4.69, 9.17) is 30.8 Å². The number of hydroxylamine groups is 5. The second kappa shape index (κ2) is 36.8. The predicted octanol–water partition coefficient (Wildman–Crippen LogP) is 15.8. The minimum Gasteiger partial charge on any atom is -0.380 e. The van der Waals surface area contributed by atoms with Crippen LogP contribution in [0.2, 0.25) is 0 Å². The fourth-order valence-electron chi connectivity index (χ4n) is 24.8. The van der Waals surface area contributed by atoms with Gasteiger partial charge in [-0.2, -0.15) is 0 Å². The summed E-state index contributed by atoms with van der Waals surface area (Å²) in [6.07, 6.45) is 45.3. The third kappa shape index (κ3) is 18.7. The summed E-state index contributed by atoms with van der Waals surface area (Å²) in [7, 11) is 0. The van der Waals surface area contributed by atoms with Gasteiger partial charge >= 0.3 is 0 Å². The van der Waals surface area contributed by atoms with Gasteiger partial charge in [-0.3, -0.25) is 74.5 Å². The Hall–Kier alpha value is -7.34. The van der Waals surface area contributed by atoms with Crippen molar-refractivity contribution in [1.29, 1.82) is 0 Å². The highest BCUT2D eigenvalue weighted by Gasteiger charge is 2.53. The molecule has 3 atom stereocenters. The average Bonchev–Trinajstić information content (AvgIpc) is 1.19. The molecular formula is C94H123F5N10O11. The summed E-state index contributed by atoms with van der Waals surface area (Å²) < 4.78 is 77.5. The minimum absolute atomic E-state index is 0.168. The monoisotopic (exact) mass is 1660 g/mol. The Morgan fingerprint density at radius 1 is 0.317 bits per heavy atom. The molecule has 0 aromatic heterocycles. The summed E-state index contributed by atoms with van der Waals surface area (Å²) in [5.74, 6) is -4.22. The topological polar surface area (TPSA) is 272 Å². The van der Waals surface area contributed by atoms with Gasteiger partial charge in [0, 0.05) is 157 Å². The summed E-state index contributed by atoms with van der Waals surface area (Å²) in [6, 6.07) is 17.0. The Bertz CT molecular complexity index is 4360. The first-order chi connectivity index (χ1) is 58.0. The maximum atomic E-state index is 14.5. The van der Waals surface area contributed by atoms with Crippen LogP contribution in [0.4, 0.5) is 22.0 Å². The molecule has 5 aromatic rings. The Kier molecular flexibility index (Phi) is 26.5. The molecule has 0 unspecified atom stereocenters. The van der Waals surface area contributed by atoms with E-state index in [9.17, 15) is 45.9 Å². The number of nitrogens with one attached hydrogen (secondary N) is 5. The molecule has 10 fully saturated rings. The molecule has 9 aliphatic carbocycles. The number of fused-ring (bicyclic) bond motifs is 5. The van der Waals surface area contributed by atoms with Crippen LogP contribution >= 0.6 is 0 Å². The Labute approximate surface area is 701 Å². The number of halogens is 5. The predicted molar refractivity (Wildman–Crippen MR) is 438 cm³/mol. The highest BCUT2D eigenvalue weighted by molar-refractivity contribution is 5.96. The van der Waals surface area contributed by atoms with E-state index in [1.54, 1.807) is 57.7 Å². The minimum atomic E-state index is -0.671. The van der Waals surface area contributed by atoms with Gasteiger partial charge in [-0.15, -0.1) is 0 Å². The lowest BCUT2D eigenvalue weighted by molar-refractivity contribution is -0.185. The van der Waals surface area contributed by atoms with Crippen LogP contribution in [-0.4, -0.2) is 157 Å². The van der Waals surface area contributed by atoms with Crippen molar-refractivity contribution < 1.29 is 76.7 Å². The van der Waals surface area contributed by atoms with Crippen molar-refractivity contribution in [2.45, 2.75) is 288 Å². The highest BCUT2D eigenvalue weighted by atomic mass is 19.1. The van der Waals surface area contributed by atoms with Gasteiger partial charge in [0.25, 0.3) is 29.5 Å². The van der Waals surface area contributed by atoms with Crippen molar-refractivity contribution in [3.05, 3.63) is 173 Å². The van der Waals surface area contributed by atoms with E-state index in [-0.39, 0.29) is 56.9 Å². The van der Waals surface area contributed by atoms with Crippen molar-refractivity contribution in [3.63, 3.8) is 0 Å². The Morgan fingerprint density at radius 3 is 0.892 bits per heavy atom. The van der Waals surface area contributed by atoms with Gasteiger partial charge in [-0.25, -0.2) is 49.4 Å². The Morgan fingerprint density at radius 2 is 0.592 bits per heavy atom. The second-order valence-electron chi connectivity index (χ2n) is 39.1. The first kappa shape index (κ1) is 86.2. The maximum absolute atomic E-state index is 14.5. The quantitative estimate of drug-likeness (QED) is 0.0334. The molecule has 15 aliphatic rings. The molecule has 21 nitrogen and oxygen atoms in total. The van der Waals surface area contributed by atoms with Gasteiger partial charge in [0.05, 0.1) is 13.2 Å². The maximum Gasteiger partial charge on any atom is 0.274 e. The molecule has 120 heavy (non-hydrogen) atoms. The number of carbonyl (C=O) groups is 5. The van der Waals surface area contributed by atoms with E-state index < -0.39 is 29.5 Å². The summed E-state index contributed by atoms with van der Waals surface area (Å²) in [5, 5.41) is 43.6. The molecule has 650 valence electrons. The van der Waals surface area contributed by atoms with Gasteiger partial charge in [0.1, 0.15) is 29.1 Å². The number of amides is 5. The zero-order chi connectivity index (χ0) is 83.7. The van der Waals surface area contributed by atoms with Crippen LogP contribution in [0.25, 0.3) is 0 Å². The van der Waals surface area contributed by atoms with E-state index in [0.29, 0.717) is 89.5 Å². The number of hydrogen-bond donors (Lipinski definition) is 10. The van der Waals surface area contributed by atoms with E-state index in [2.05, 4.69) is 24.5 Å². The van der Waals surface area contributed by atoms with Crippen LogP contribution in [0.3, 0.4) is 0 Å². The molecule has 5 spiro atoms. The smallest absolute Gasteiger partial charge is 0.274 e. The van der Waals surface area contributed by atoms with Crippen LogP contribution in [-0.2, 0) is 69.6 Å². The third-order valence-corrected chi connectivity index (χ3v) is 31.8. The summed E-state index contributed by atoms with van der Waals surface area (Å²) in [6.45, 7) is 10.6. The number of carbonyl (C=O) groups excluding carboxylic acids is 5. The largest absolute Gasteiger partial charge is 0.380 e. The summed E-state index contributed by atoms with van der Waals surface area (Å²) in [4.78, 5) is 69.6. The van der Waals surface area contributed by atoms with Crippen molar-refractivity contribution in [2.24, 2.45) is 33.0 Å². The number of hydrogen-bond acceptors (Lipinski definition) is 16. The van der Waals surface area contributed by atoms with Crippen LogP contribution in [0.1, 0.15) is 306 Å². The summed E-state index contributed by atoms with van der Waals surface area (Å²) >= 11 is 0. The molecule has 6 aliphatic heterocycles. The van der Waals surface area contributed by atoms with Gasteiger partial charge in [0.2, 0.25) is 0 Å². The van der Waals surface area contributed by atoms with Crippen molar-refractivity contribution in [2.75, 3.05) is 52.5 Å². The SMILES string of the molecule is O=C(NO)c1cc(F)c2c(c1)CCN(C1CC3(CCC3)C1)C2.O=C(NO)c1cc(F)c2c(c1)CCN(C1CC3(COC3)C1)C2.O=C(NO)c1cc(F)c2c(c1)CCN(C[C@H]1CCC3(CCCCC3)C1)C2.O=C(NO)c1cc(F)c2c(c1)CCN([C@@H]1CCC3(CCCCC3)C1)C2.O=C(NO)c1cc(F)c2c(c1)CCN([C@H]1CCC3(CCCCC3)C1)C2. The standard InChI is InChI=1S/C21H29FN2O2.2C20H27FN2O2.C17H21FN2O2.C16H19FN2O3/c22-19-11-17(20(25)23-26)10-16-5-9-24(14-18(16)19)13-15-4-8-21(12-15)6-2-1-3-7-21;2*21-18-11-15(19(24)22-25)10-14-5-9-23(13-17(14)18)16-4-8-20(12-16)6-2-1-3-7-20;18-15-7-12(16(21)19-22)6-11-2-5-20(10-14(11)15)13-8-17(9-13)3-1-4-17;17-14-4-11(15(20)18-21)3-10-1-2-19(7-13(10)14)12-5-16(6-12)8-22-9-16/h10-11,15,26H,1-9,12-14H2,(H,23,25);2*10-11,16,25H,1-9,12-13H2,(H,22,24);6-7,13,22H,1-5,8-10H2,(H,19,21);3-4,12,21H,1-2,5-9H2,(H,18,20)/t15-;2*16-;;/m010../s1. The van der Waals surface area contributed by atoms with Gasteiger partial charge in [0.15, 0.2) is 0 Å². The molecule has 5 aromatic carbocycles. The van der Waals surface area contributed by atoms with E-state index in [1.807, 2.05) is 0 Å². The van der Waals surface area contributed by atoms with Crippen LogP contribution < -0.4 is 27.4 Å². The normalized spacial score (nSPS) is 25.3. The molecular weight excluding hydrogens is 1540 g/mol. The van der Waals surface area contributed by atoms with Crippen molar-refractivity contribution in [3.8, 4) is 0 Å². The fourth-order valence-corrected chi connectivity index (χ4v) is 24.8. The lowest BCUT2D eigenvalue weighted by atomic mass is 9.53.